The van der Waals surface area contributed by atoms with Gasteiger partial charge in [0.1, 0.15) is 18.3 Å². The van der Waals surface area contributed by atoms with Gasteiger partial charge in [-0.15, -0.1) is 0 Å². The van der Waals surface area contributed by atoms with Crippen molar-refractivity contribution < 1.29 is 28.9 Å². The maximum Gasteiger partial charge on any atom is 0.302 e. The van der Waals surface area contributed by atoms with Crippen molar-refractivity contribution >= 4 is 36.3 Å². The molecule has 35 heavy (non-hydrogen) atoms. The van der Waals surface area contributed by atoms with Crippen LogP contribution < -0.4 is 9.47 Å². The maximum absolute atomic E-state index is 9.59. The lowest BCUT2D eigenvalue weighted by Gasteiger charge is -2.02. The molecule has 1 N–H and O–H groups in total. The summed E-state index contributed by atoms with van der Waals surface area (Å²) in [6.45, 7) is 7.78. The summed E-state index contributed by atoms with van der Waals surface area (Å²) in [6.07, 6.45) is 2.50. The number of carbonyl (C=O) groups excluding carboxylic acids is 2. The Hall–Kier alpha value is -2.16. The Bertz CT molecular complexity index is 640. The molecule has 0 aliphatic rings. The van der Waals surface area contributed by atoms with Gasteiger partial charge < -0.3 is 24.1 Å². The minimum absolute atomic E-state index is 0.245. The summed E-state index contributed by atoms with van der Waals surface area (Å²) >= 11 is 3.96. The zero-order valence-corrected chi connectivity index (χ0v) is 24.0. The zero-order chi connectivity index (χ0) is 27.3. The highest BCUT2D eigenvalue weighted by molar-refractivity contribution is 7.98. The fourth-order valence-corrected chi connectivity index (χ4v) is 3.83. The van der Waals surface area contributed by atoms with Crippen molar-refractivity contribution in [1.82, 2.24) is 0 Å². The molecule has 2 aromatic carbocycles. The van der Waals surface area contributed by atoms with Crippen LogP contribution in [0.4, 0.5) is 0 Å². The molecule has 0 saturated carbocycles. The first-order chi connectivity index (χ1) is 17.0. The van der Waals surface area contributed by atoms with Crippen LogP contribution >= 0.6 is 23.5 Å². The second-order valence-electron chi connectivity index (χ2n) is 6.50. The Kier molecular flexibility index (Phi) is 31.9. The molecule has 0 aliphatic heterocycles. The highest BCUT2D eigenvalue weighted by atomic mass is 32.2. The number of thioether (sulfide) groups is 2. The highest BCUT2D eigenvalue weighted by Crippen LogP contribution is 2.17. The minimum Gasteiger partial charge on any atom is -0.497 e. The quantitative estimate of drug-likeness (QED) is 0.285. The molecule has 6 nitrogen and oxygen atoms in total. The van der Waals surface area contributed by atoms with Gasteiger partial charge in [0.05, 0.1) is 21.3 Å². The lowest BCUT2D eigenvalue weighted by atomic mass is 10.2. The molecule has 8 heteroatoms. The monoisotopic (exact) mass is 528 g/mol. The minimum atomic E-state index is -0.245. The number of benzene rings is 2. The van der Waals surface area contributed by atoms with Gasteiger partial charge in [0.2, 0.25) is 0 Å². The Morgan fingerprint density at radius 3 is 1.23 bits per heavy atom. The molecule has 2 aromatic rings. The highest BCUT2D eigenvalue weighted by Gasteiger charge is 1.95. The average Bonchev–Trinajstić information content (AvgIpc) is 2.93. The molecule has 0 spiro atoms. The van der Waals surface area contributed by atoms with Gasteiger partial charge in [0.15, 0.2) is 0 Å². The Morgan fingerprint density at radius 2 is 1.03 bits per heavy atom. The lowest BCUT2D eigenvalue weighted by molar-refractivity contribution is -0.137. The third kappa shape index (κ3) is 24.8. The normalized spacial score (nSPS) is 8.69. The van der Waals surface area contributed by atoms with E-state index in [1.54, 1.807) is 14.2 Å². The molecule has 0 aliphatic carbocycles. The Balaban J connectivity index is -0.000000440. The molecule has 0 unspecified atom stereocenters. The first-order valence-corrected chi connectivity index (χ1v) is 13.5. The van der Waals surface area contributed by atoms with Crippen LogP contribution in [-0.2, 0) is 25.8 Å². The smallest absolute Gasteiger partial charge is 0.302 e. The van der Waals surface area contributed by atoms with E-state index in [-0.39, 0.29) is 5.97 Å². The van der Waals surface area contributed by atoms with Gasteiger partial charge >= 0.3 is 5.97 Å². The summed E-state index contributed by atoms with van der Waals surface area (Å²) in [6, 6.07) is 16.6. The molecular weight excluding hydrogens is 484 g/mol. The number of aliphatic hydroxyl groups is 1. The van der Waals surface area contributed by atoms with Crippen LogP contribution in [0.3, 0.4) is 0 Å². The van der Waals surface area contributed by atoms with Gasteiger partial charge in [-0.1, -0.05) is 38.1 Å². The standard InChI is InChI=1S/2C11H16OS.C3H6O2.CH4O.CH2O/c2*1-3-8-13-9-10-4-6-11(12-2)7-5-10;1-3(4)5-2;2*1-2/h2*4-7H,3,8-9H2,1-2H3;1-2H3;2H,1H3;1H2. The summed E-state index contributed by atoms with van der Waals surface area (Å²) in [5.74, 6) is 6.33. The van der Waals surface area contributed by atoms with E-state index >= 15 is 0 Å². The van der Waals surface area contributed by atoms with Crippen LogP contribution in [0.1, 0.15) is 44.7 Å². The van der Waals surface area contributed by atoms with Crippen LogP contribution in [0.2, 0.25) is 0 Å². The largest absolute Gasteiger partial charge is 0.497 e. The van der Waals surface area contributed by atoms with Gasteiger partial charge in [-0.2, -0.15) is 23.5 Å². The van der Waals surface area contributed by atoms with E-state index < -0.39 is 0 Å². The summed E-state index contributed by atoms with van der Waals surface area (Å²) in [5, 5.41) is 7.00. The molecule has 0 saturated heterocycles. The second-order valence-corrected chi connectivity index (χ2v) is 8.71. The van der Waals surface area contributed by atoms with Crippen LogP contribution in [0, 0.1) is 0 Å². The molecule has 0 atom stereocenters. The van der Waals surface area contributed by atoms with Crippen molar-refractivity contribution in [2.75, 3.05) is 39.9 Å². The number of aliphatic hydroxyl groups excluding tert-OH is 1. The van der Waals surface area contributed by atoms with E-state index in [2.05, 4.69) is 42.8 Å². The first-order valence-electron chi connectivity index (χ1n) is 11.2. The molecule has 2 rings (SSSR count). The second kappa shape index (κ2) is 29.9. The first kappa shape index (κ1) is 37.4. The van der Waals surface area contributed by atoms with E-state index in [0.29, 0.717) is 0 Å². The zero-order valence-electron chi connectivity index (χ0n) is 22.4. The molecule has 0 bridgehead atoms. The van der Waals surface area contributed by atoms with Crippen LogP contribution in [0.25, 0.3) is 0 Å². The number of rotatable bonds is 10. The summed E-state index contributed by atoms with van der Waals surface area (Å²) in [4.78, 5) is 17.6. The molecule has 0 heterocycles. The number of methoxy groups -OCH3 is 3. The molecule has 200 valence electrons. The van der Waals surface area contributed by atoms with Gasteiger partial charge in [-0.25, -0.2) is 0 Å². The molecule has 0 radical (unpaired) electrons. The van der Waals surface area contributed by atoms with Crippen molar-refractivity contribution in [3.8, 4) is 11.5 Å². The predicted octanol–water partition coefficient (Wildman–Crippen LogP) is 6.28. The summed E-state index contributed by atoms with van der Waals surface area (Å²) in [5.41, 5.74) is 2.75. The van der Waals surface area contributed by atoms with Crippen molar-refractivity contribution in [3.63, 3.8) is 0 Å². The Labute approximate surface area is 221 Å². The summed E-state index contributed by atoms with van der Waals surface area (Å²) < 4.78 is 14.3. The van der Waals surface area contributed by atoms with E-state index in [4.69, 9.17) is 19.4 Å². The van der Waals surface area contributed by atoms with E-state index in [0.717, 1.165) is 30.1 Å². The van der Waals surface area contributed by atoms with Crippen LogP contribution in [-0.4, -0.2) is 57.8 Å². The van der Waals surface area contributed by atoms with Gasteiger partial charge in [-0.3, -0.25) is 4.79 Å². The van der Waals surface area contributed by atoms with Gasteiger partial charge in [-0.05, 0) is 59.7 Å². The van der Waals surface area contributed by atoms with Gasteiger partial charge in [0, 0.05) is 25.5 Å². The summed E-state index contributed by atoms with van der Waals surface area (Å²) in [7, 11) is 5.74. The Morgan fingerprint density at radius 1 is 0.743 bits per heavy atom. The number of esters is 1. The number of hydrogen-bond acceptors (Lipinski definition) is 8. The average molecular weight is 529 g/mol. The van der Waals surface area contributed by atoms with Crippen LogP contribution in [0.5, 0.6) is 11.5 Å². The predicted molar refractivity (Wildman–Crippen MR) is 152 cm³/mol. The number of hydrogen-bond donors (Lipinski definition) is 1. The number of carbonyl (C=O) groups is 2. The lowest BCUT2D eigenvalue weighted by Crippen LogP contribution is -1.88. The van der Waals surface area contributed by atoms with E-state index in [1.807, 2.05) is 54.6 Å². The fraction of sp³-hybridized carbons (Fsp3) is 0.481. The van der Waals surface area contributed by atoms with E-state index in [1.165, 1.54) is 49.5 Å². The van der Waals surface area contributed by atoms with Crippen molar-refractivity contribution in [3.05, 3.63) is 59.7 Å². The molecule has 0 aromatic heterocycles. The molecular formula is C27H44O6S2. The van der Waals surface area contributed by atoms with Crippen molar-refractivity contribution in [1.29, 1.82) is 0 Å². The van der Waals surface area contributed by atoms with Gasteiger partial charge in [0.25, 0.3) is 0 Å². The van der Waals surface area contributed by atoms with Crippen molar-refractivity contribution in [2.45, 2.75) is 45.1 Å². The third-order valence-corrected chi connectivity index (χ3v) is 6.31. The SMILES string of the molecule is C=O.CCCSCc1ccc(OC)cc1.CCCSCc1ccc(OC)cc1.CO.COC(C)=O. The van der Waals surface area contributed by atoms with Crippen molar-refractivity contribution in [2.24, 2.45) is 0 Å². The molecule has 0 fully saturated rings. The fourth-order valence-electron chi connectivity index (χ4n) is 2.11. The van der Waals surface area contributed by atoms with E-state index in [9.17, 15) is 4.79 Å². The molecule has 0 amide bonds. The maximum atomic E-state index is 9.59. The topological polar surface area (TPSA) is 82.1 Å². The third-order valence-electron chi connectivity index (χ3n) is 3.84. The number of ether oxygens (including phenoxy) is 3. The van der Waals surface area contributed by atoms with Crippen LogP contribution in [0.15, 0.2) is 48.5 Å².